The zero-order chi connectivity index (χ0) is 20.9. The Bertz CT molecular complexity index is 1100. The Hall–Kier alpha value is -3.40. The zero-order valence-corrected chi connectivity index (χ0v) is 16.5. The fraction of sp³-hybridized carbons (Fsp3) is 0.150. The Kier molecular flexibility index (Phi) is 5.94. The predicted molar refractivity (Wildman–Crippen MR) is 110 cm³/mol. The molecule has 2 aromatic carbocycles. The van der Waals surface area contributed by atoms with Gasteiger partial charge in [-0.2, -0.15) is 8.78 Å². The third kappa shape index (κ3) is 4.60. The van der Waals surface area contributed by atoms with Crippen LogP contribution < -0.4 is 10.6 Å². The largest absolute Gasteiger partial charge is 0.435 e. The lowest BCUT2D eigenvalue weighted by Crippen LogP contribution is -2.12. The van der Waals surface area contributed by atoms with Crippen LogP contribution >= 0.6 is 11.8 Å². The van der Waals surface area contributed by atoms with Gasteiger partial charge in [-0.1, -0.05) is 42.1 Å². The number of rotatable bonds is 8. The number of hydrogen-bond acceptors (Lipinski definition) is 6. The summed E-state index contributed by atoms with van der Waals surface area (Å²) in [5.74, 6) is 8.10. The molecule has 0 spiro atoms. The van der Waals surface area contributed by atoms with Crippen LogP contribution in [0.2, 0.25) is 0 Å². The summed E-state index contributed by atoms with van der Waals surface area (Å²) in [6.07, 6.45) is 3.70. The van der Waals surface area contributed by atoms with Crippen molar-refractivity contribution in [2.75, 3.05) is 5.84 Å². The zero-order valence-electron chi connectivity index (χ0n) is 15.7. The summed E-state index contributed by atoms with van der Waals surface area (Å²) in [4.78, 5) is 4.42. The minimum Gasteiger partial charge on any atom is -0.435 e. The quantitative estimate of drug-likeness (QED) is 0.340. The molecule has 2 N–H and O–H groups in total. The van der Waals surface area contributed by atoms with E-state index in [-0.39, 0.29) is 5.75 Å². The number of alkyl halides is 2. The summed E-state index contributed by atoms with van der Waals surface area (Å²) in [6.45, 7) is -2.14. The Balaban J connectivity index is 1.44. The minimum absolute atomic E-state index is 0.0664. The molecule has 4 aromatic rings. The molecule has 0 saturated heterocycles. The van der Waals surface area contributed by atoms with Crippen LogP contribution in [0.3, 0.4) is 0 Å². The van der Waals surface area contributed by atoms with Gasteiger partial charge in [0.05, 0.1) is 5.75 Å². The molecule has 0 aliphatic carbocycles. The predicted octanol–water partition coefficient (Wildman–Crippen LogP) is 3.80. The normalized spacial score (nSPS) is 11.2. The van der Waals surface area contributed by atoms with E-state index in [1.54, 1.807) is 18.3 Å². The summed E-state index contributed by atoms with van der Waals surface area (Å²) in [5, 5.41) is 8.78. The van der Waals surface area contributed by atoms with Crippen LogP contribution in [-0.4, -0.2) is 31.0 Å². The maximum absolute atomic E-state index is 12.3. The number of hydrogen-bond donors (Lipinski definition) is 1. The van der Waals surface area contributed by atoms with Crippen molar-refractivity contribution in [1.82, 2.24) is 24.4 Å². The number of nitrogens with zero attached hydrogens (tertiary/aromatic N) is 5. The lowest BCUT2D eigenvalue weighted by Gasteiger charge is -2.08. The van der Waals surface area contributed by atoms with Gasteiger partial charge < -0.3 is 15.1 Å². The van der Waals surface area contributed by atoms with Gasteiger partial charge in [-0.15, -0.1) is 10.2 Å². The molecule has 7 nitrogen and oxygen atoms in total. The molecule has 4 rings (SSSR count). The van der Waals surface area contributed by atoms with E-state index in [0.29, 0.717) is 22.3 Å². The number of thioether (sulfide) groups is 1. The number of ether oxygens (including phenoxy) is 1. The Morgan fingerprint density at radius 3 is 2.53 bits per heavy atom. The molecular formula is C20H18F2N6OS. The lowest BCUT2D eigenvalue weighted by molar-refractivity contribution is -0.0498. The Morgan fingerprint density at radius 2 is 1.80 bits per heavy atom. The first-order chi connectivity index (χ1) is 14.6. The van der Waals surface area contributed by atoms with Crippen molar-refractivity contribution in [2.24, 2.45) is 0 Å². The highest BCUT2D eigenvalue weighted by Crippen LogP contribution is 2.26. The minimum atomic E-state index is -2.87. The average molecular weight is 428 g/mol. The second kappa shape index (κ2) is 8.95. The summed E-state index contributed by atoms with van der Waals surface area (Å²) >= 11 is 1.41. The topological polar surface area (TPSA) is 83.8 Å². The van der Waals surface area contributed by atoms with Gasteiger partial charge in [0.15, 0.2) is 5.82 Å². The van der Waals surface area contributed by atoms with Crippen LogP contribution in [0.15, 0.2) is 72.1 Å². The molecular weight excluding hydrogens is 410 g/mol. The van der Waals surface area contributed by atoms with E-state index in [9.17, 15) is 8.78 Å². The molecule has 0 aliphatic heterocycles. The fourth-order valence-electron chi connectivity index (χ4n) is 2.89. The van der Waals surface area contributed by atoms with Crippen molar-refractivity contribution < 1.29 is 13.5 Å². The highest BCUT2D eigenvalue weighted by Gasteiger charge is 2.14. The van der Waals surface area contributed by atoms with Crippen molar-refractivity contribution >= 4 is 11.8 Å². The number of nitrogen functional groups attached to an aromatic ring is 1. The van der Waals surface area contributed by atoms with E-state index < -0.39 is 6.61 Å². The van der Waals surface area contributed by atoms with E-state index >= 15 is 0 Å². The van der Waals surface area contributed by atoms with Gasteiger partial charge >= 0.3 is 6.61 Å². The molecule has 0 aliphatic rings. The van der Waals surface area contributed by atoms with E-state index in [1.165, 1.54) is 34.1 Å². The first kappa shape index (κ1) is 19.9. The highest BCUT2D eigenvalue weighted by atomic mass is 32.2. The van der Waals surface area contributed by atoms with Gasteiger partial charge in [-0.3, -0.25) is 0 Å². The summed E-state index contributed by atoms with van der Waals surface area (Å²) in [6, 6.07) is 16.2. The maximum Gasteiger partial charge on any atom is 0.387 e. The maximum atomic E-state index is 12.3. The molecule has 2 aromatic heterocycles. The number of aromatic nitrogens is 5. The summed E-state index contributed by atoms with van der Waals surface area (Å²) in [5.41, 5.74) is 1.83. The number of halogens is 2. The van der Waals surface area contributed by atoms with E-state index in [4.69, 9.17) is 5.84 Å². The Morgan fingerprint density at radius 1 is 1.03 bits per heavy atom. The molecule has 2 heterocycles. The molecule has 0 radical (unpaired) electrons. The van der Waals surface area contributed by atoms with Gasteiger partial charge in [0.25, 0.3) is 0 Å². The van der Waals surface area contributed by atoms with Crippen molar-refractivity contribution in [2.45, 2.75) is 24.1 Å². The number of nitrogens with two attached hydrogens (primary N) is 1. The van der Waals surface area contributed by atoms with Gasteiger partial charge in [0.1, 0.15) is 11.6 Å². The molecule has 0 unspecified atom stereocenters. The monoisotopic (exact) mass is 428 g/mol. The molecule has 0 atom stereocenters. The van der Waals surface area contributed by atoms with Gasteiger partial charge in [0, 0.05) is 24.5 Å². The van der Waals surface area contributed by atoms with Gasteiger partial charge in [-0.05, 0) is 29.8 Å². The first-order valence-corrected chi connectivity index (χ1v) is 10.0. The molecule has 0 bridgehead atoms. The van der Waals surface area contributed by atoms with E-state index in [1.807, 2.05) is 24.4 Å². The van der Waals surface area contributed by atoms with Gasteiger partial charge in [-0.25, -0.2) is 9.66 Å². The van der Waals surface area contributed by atoms with Crippen LogP contribution in [0.25, 0.3) is 11.4 Å². The van der Waals surface area contributed by atoms with Gasteiger partial charge in [0.2, 0.25) is 5.16 Å². The molecule has 0 fully saturated rings. The van der Waals surface area contributed by atoms with Crippen molar-refractivity contribution in [3.05, 3.63) is 78.4 Å². The van der Waals surface area contributed by atoms with Crippen LogP contribution in [0.4, 0.5) is 8.78 Å². The van der Waals surface area contributed by atoms with Crippen molar-refractivity contribution in [3.8, 4) is 17.1 Å². The molecule has 0 amide bonds. The van der Waals surface area contributed by atoms with Crippen LogP contribution in [0, 0.1) is 0 Å². The van der Waals surface area contributed by atoms with E-state index in [2.05, 4.69) is 36.6 Å². The third-order valence-electron chi connectivity index (χ3n) is 4.33. The van der Waals surface area contributed by atoms with Crippen LogP contribution in [-0.2, 0) is 12.3 Å². The number of imidazole rings is 1. The molecule has 30 heavy (non-hydrogen) atoms. The number of benzene rings is 2. The smallest absolute Gasteiger partial charge is 0.387 e. The fourth-order valence-corrected chi connectivity index (χ4v) is 3.71. The molecule has 154 valence electrons. The molecule has 0 saturated carbocycles. The second-order valence-electron chi connectivity index (χ2n) is 6.32. The second-order valence-corrected chi connectivity index (χ2v) is 7.27. The highest BCUT2D eigenvalue weighted by molar-refractivity contribution is 7.98. The van der Waals surface area contributed by atoms with Crippen LogP contribution in [0.1, 0.15) is 11.4 Å². The third-order valence-corrected chi connectivity index (χ3v) is 5.27. The van der Waals surface area contributed by atoms with Crippen LogP contribution in [0.5, 0.6) is 5.75 Å². The standard InChI is InChI=1S/C20H18F2N6OS/c21-19(22)29-16-8-6-15(7-9-16)18-25-26-20(28(18)23)30-13-17-24-10-11-27(17)12-14-4-2-1-3-5-14/h1-11,19H,12-13,23H2. The van der Waals surface area contributed by atoms with Crippen molar-refractivity contribution in [3.63, 3.8) is 0 Å². The SMILES string of the molecule is Nn1c(SCc2nccn2Cc2ccccc2)nnc1-c1ccc(OC(F)F)cc1. The summed E-state index contributed by atoms with van der Waals surface area (Å²) < 4.78 is 32.4. The van der Waals surface area contributed by atoms with Crippen molar-refractivity contribution in [1.29, 1.82) is 0 Å². The lowest BCUT2D eigenvalue weighted by atomic mass is 10.2. The average Bonchev–Trinajstić information content (AvgIpc) is 3.33. The van der Waals surface area contributed by atoms with E-state index in [0.717, 1.165) is 12.4 Å². The Labute approximate surface area is 175 Å². The summed E-state index contributed by atoms with van der Waals surface area (Å²) in [7, 11) is 0. The molecule has 10 heteroatoms. The first-order valence-electron chi connectivity index (χ1n) is 9.02.